The molecule has 3 nitrogen and oxygen atoms in total. The quantitative estimate of drug-likeness (QED) is 0.749. The van der Waals surface area contributed by atoms with Crippen molar-refractivity contribution in [2.75, 3.05) is 14.2 Å². The number of fused-ring (bicyclic) bond motifs is 1. The summed E-state index contributed by atoms with van der Waals surface area (Å²) in [6.45, 7) is 0. The largest absolute Gasteiger partial charge is 0.496 e. The van der Waals surface area contributed by atoms with Crippen LogP contribution in [0.4, 0.5) is 0 Å². The van der Waals surface area contributed by atoms with Crippen molar-refractivity contribution in [2.24, 2.45) is 0 Å². The molecule has 0 saturated heterocycles. The number of hydrogen-bond donors (Lipinski definition) is 0. The molecular weight excluding hydrogens is 212 g/mol. The molecule has 1 heterocycles. The number of benzene rings is 1. The van der Waals surface area contributed by atoms with E-state index in [0.717, 1.165) is 16.4 Å². The van der Waals surface area contributed by atoms with Crippen LogP contribution in [0.1, 0.15) is 10.4 Å². The van der Waals surface area contributed by atoms with Crippen molar-refractivity contribution in [2.45, 2.75) is 0 Å². The van der Waals surface area contributed by atoms with Crippen molar-refractivity contribution < 1.29 is 14.3 Å². The second-order valence-electron chi connectivity index (χ2n) is 2.96. The number of thiophene rings is 1. The number of methoxy groups -OCH3 is 2. The van der Waals surface area contributed by atoms with Crippen LogP contribution >= 0.6 is 11.3 Å². The minimum absolute atomic E-state index is 0.565. The zero-order valence-electron chi connectivity index (χ0n) is 8.44. The van der Waals surface area contributed by atoms with Gasteiger partial charge in [0.05, 0.1) is 19.8 Å². The van der Waals surface area contributed by atoms with Gasteiger partial charge in [0.1, 0.15) is 5.75 Å². The number of aldehydes is 1. The Balaban J connectivity index is 2.83. The van der Waals surface area contributed by atoms with Crippen molar-refractivity contribution in [1.82, 2.24) is 0 Å². The maximum atomic E-state index is 11.0. The van der Waals surface area contributed by atoms with E-state index in [4.69, 9.17) is 9.47 Å². The van der Waals surface area contributed by atoms with Crippen LogP contribution in [0.5, 0.6) is 10.8 Å². The normalized spacial score (nSPS) is 10.3. The molecule has 2 rings (SSSR count). The summed E-state index contributed by atoms with van der Waals surface area (Å²) in [6.07, 6.45) is 0.806. The van der Waals surface area contributed by atoms with Crippen LogP contribution in [0.3, 0.4) is 0 Å². The van der Waals surface area contributed by atoms with Gasteiger partial charge in [0.2, 0.25) is 0 Å². The summed E-state index contributed by atoms with van der Waals surface area (Å²) in [5.74, 6) is 0.703. The van der Waals surface area contributed by atoms with Crippen LogP contribution in [0, 0.1) is 0 Å². The average Bonchev–Trinajstić information content (AvgIpc) is 2.66. The summed E-state index contributed by atoms with van der Waals surface area (Å²) >= 11 is 1.44. The van der Waals surface area contributed by atoms with Crippen LogP contribution in [0.15, 0.2) is 18.2 Å². The molecule has 78 valence electrons. The monoisotopic (exact) mass is 222 g/mol. The molecule has 0 spiro atoms. The van der Waals surface area contributed by atoms with Crippen LogP contribution in [-0.4, -0.2) is 20.5 Å². The fraction of sp³-hybridized carbons (Fsp3) is 0.182. The molecule has 2 aromatic rings. The van der Waals surface area contributed by atoms with Crippen LogP contribution in [0.2, 0.25) is 0 Å². The highest BCUT2D eigenvalue weighted by atomic mass is 32.1. The maximum Gasteiger partial charge on any atom is 0.185 e. The highest BCUT2D eigenvalue weighted by molar-refractivity contribution is 7.21. The molecule has 4 heteroatoms. The third kappa shape index (κ3) is 1.47. The first-order valence-corrected chi connectivity index (χ1v) is 5.22. The molecule has 0 unspecified atom stereocenters. The zero-order chi connectivity index (χ0) is 10.8. The third-order valence-corrected chi connectivity index (χ3v) is 3.34. The van der Waals surface area contributed by atoms with Crippen LogP contribution < -0.4 is 9.47 Å². The summed E-state index contributed by atoms with van der Waals surface area (Å²) in [6, 6.07) is 5.67. The van der Waals surface area contributed by atoms with Gasteiger partial charge in [-0.2, -0.15) is 0 Å². The summed E-state index contributed by atoms with van der Waals surface area (Å²) in [5, 5.41) is 1.46. The average molecular weight is 222 g/mol. The first kappa shape index (κ1) is 9.98. The van der Waals surface area contributed by atoms with Gasteiger partial charge in [-0.3, -0.25) is 4.79 Å². The lowest BCUT2D eigenvalue weighted by atomic mass is 10.1. The van der Waals surface area contributed by atoms with Gasteiger partial charge in [-0.25, -0.2) is 0 Å². The predicted molar refractivity (Wildman–Crippen MR) is 60.3 cm³/mol. The zero-order valence-corrected chi connectivity index (χ0v) is 9.26. The number of ether oxygens (including phenoxy) is 2. The fourth-order valence-corrected chi connectivity index (χ4v) is 2.55. The van der Waals surface area contributed by atoms with E-state index in [1.165, 1.54) is 11.3 Å². The second kappa shape index (κ2) is 3.90. The highest BCUT2D eigenvalue weighted by Crippen LogP contribution is 2.40. The molecule has 1 aromatic carbocycles. The molecule has 0 aliphatic rings. The minimum atomic E-state index is 0.565. The third-order valence-electron chi connectivity index (χ3n) is 2.20. The molecule has 0 saturated carbocycles. The SMILES string of the molecule is COc1sc2cccc(OC)c2c1C=O. The molecule has 0 amide bonds. The second-order valence-corrected chi connectivity index (χ2v) is 3.97. The van der Waals surface area contributed by atoms with Gasteiger partial charge >= 0.3 is 0 Å². The fourth-order valence-electron chi connectivity index (χ4n) is 1.55. The van der Waals surface area contributed by atoms with Gasteiger partial charge in [-0.05, 0) is 12.1 Å². The van der Waals surface area contributed by atoms with Crippen LogP contribution in [0.25, 0.3) is 10.1 Å². The lowest BCUT2D eigenvalue weighted by Crippen LogP contribution is -1.87. The summed E-state index contributed by atoms with van der Waals surface area (Å²) in [7, 11) is 3.15. The summed E-state index contributed by atoms with van der Waals surface area (Å²) < 4.78 is 11.4. The number of rotatable bonds is 3. The molecule has 0 fully saturated rings. The Kier molecular flexibility index (Phi) is 2.60. The Bertz CT molecular complexity index is 502. The smallest absolute Gasteiger partial charge is 0.185 e. The van der Waals surface area contributed by atoms with Gasteiger partial charge in [-0.15, -0.1) is 0 Å². The molecule has 0 aliphatic carbocycles. The first-order valence-electron chi connectivity index (χ1n) is 4.40. The Hall–Kier alpha value is -1.55. The van der Waals surface area contributed by atoms with E-state index in [2.05, 4.69) is 0 Å². The lowest BCUT2D eigenvalue weighted by Gasteiger charge is -2.01. The van der Waals surface area contributed by atoms with Crippen molar-refractivity contribution in [3.63, 3.8) is 0 Å². The molecular formula is C11H10O3S. The Morgan fingerprint density at radius 1 is 1.27 bits per heavy atom. The van der Waals surface area contributed by atoms with Crippen molar-refractivity contribution >= 4 is 27.7 Å². The van der Waals surface area contributed by atoms with E-state index < -0.39 is 0 Å². The van der Waals surface area contributed by atoms with Crippen molar-refractivity contribution in [3.05, 3.63) is 23.8 Å². The van der Waals surface area contributed by atoms with Crippen LogP contribution in [-0.2, 0) is 0 Å². The van der Waals surface area contributed by atoms with Gasteiger partial charge in [0.15, 0.2) is 11.3 Å². The van der Waals surface area contributed by atoms with E-state index in [-0.39, 0.29) is 0 Å². The topological polar surface area (TPSA) is 35.5 Å². The molecule has 0 atom stereocenters. The van der Waals surface area contributed by atoms with Gasteiger partial charge in [-0.1, -0.05) is 17.4 Å². The number of carbonyl (C=O) groups excluding carboxylic acids is 1. The van der Waals surface area contributed by atoms with Gasteiger partial charge < -0.3 is 9.47 Å². The van der Waals surface area contributed by atoms with E-state index in [9.17, 15) is 4.79 Å². The highest BCUT2D eigenvalue weighted by Gasteiger charge is 2.15. The molecule has 0 aliphatic heterocycles. The maximum absolute atomic E-state index is 11.0. The molecule has 0 N–H and O–H groups in total. The van der Waals surface area contributed by atoms with Crippen molar-refractivity contribution in [1.29, 1.82) is 0 Å². The predicted octanol–water partition coefficient (Wildman–Crippen LogP) is 2.73. The Morgan fingerprint density at radius 3 is 2.67 bits per heavy atom. The molecule has 15 heavy (non-hydrogen) atoms. The van der Waals surface area contributed by atoms with E-state index in [1.54, 1.807) is 14.2 Å². The van der Waals surface area contributed by atoms with Gasteiger partial charge in [0.25, 0.3) is 0 Å². The number of hydrogen-bond acceptors (Lipinski definition) is 4. The van der Waals surface area contributed by atoms with Gasteiger partial charge in [0, 0.05) is 10.1 Å². The standard InChI is InChI=1S/C11H10O3S/c1-13-8-4-3-5-9-10(8)7(6-12)11(14-2)15-9/h3-6H,1-2H3. The Morgan fingerprint density at radius 2 is 2.07 bits per heavy atom. The summed E-state index contributed by atoms with van der Waals surface area (Å²) in [4.78, 5) is 11.0. The molecule has 1 aromatic heterocycles. The summed E-state index contributed by atoms with van der Waals surface area (Å²) in [5.41, 5.74) is 0.565. The molecule has 0 radical (unpaired) electrons. The Labute approximate surface area is 91.2 Å². The van der Waals surface area contributed by atoms with Crippen molar-refractivity contribution in [3.8, 4) is 10.8 Å². The lowest BCUT2D eigenvalue weighted by molar-refractivity contribution is 0.112. The molecule has 0 bridgehead atoms. The van der Waals surface area contributed by atoms with E-state index in [1.807, 2.05) is 18.2 Å². The minimum Gasteiger partial charge on any atom is -0.496 e. The number of carbonyl (C=O) groups is 1. The van der Waals surface area contributed by atoms with E-state index >= 15 is 0 Å². The first-order chi connectivity index (χ1) is 7.31. The van der Waals surface area contributed by atoms with E-state index in [0.29, 0.717) is 16.4 Å².